The van der Waals surface area contributed by atoms with E-state index in [9.17, 15) is 26.3 Å². The monoisotopic (exact) mass is 429 g/mol. The maximum absolute atomic E-state index is 13.4. The van der Waals surface area contributed by atoms with Gasteiger partial charge >= 0.3 is 12.4 Å². The van der Waals surface area contributed by atoms with E-state index in [1.165, 1.54) is 25.2 Å². The molecule has 0 aliphatic heterocycles. The molecule has 0 atom stereocenters. The zero-order chi connectivity index (χ0) is 21.2. The fourth-order valence-electron chi connectivity index (χ4n) is 2.48. The SMILES string of the molecule is CN(/N=C/c1cc(-c2ccccc2)c(C(F)(F)F)s1)c1cccc(C(F)(F)F)n1. The molecule has 0 saturated heterocycles. The van der Waals surface area contributed by atoms with Crippen LogP contribution in [0.25, 0.3) is 11.1 Å². The number of pyridine rings is 1. The fourth-order valence-corrected chi connectivity index (χ4v) is 3.40. The first-order valence-corrected chi connectivity index (χ1v) is 8.96. The Morgan fingerprint density at radius 2 is 1.62 bits per heavy atom. The molecule has 1 aromatic carbocycles. The van der Waals surface area contributed by atoms with Crippen molar-refractivity contribution >= 4 is 23.4 Å². The predicted octanol–water partition coefficient (Wildman–Crippen LogP) is 6.32. The smallest absolute Gasteiger partial charge is 0.251 e. The van der Waals surface area contributed by atoms with Crippen molar-refractivity contribution in [3.05, 3.63) is 70.0 Å². The van der Waals surface area contributed by atoms with Crippen molar-refractivity contribution in [1.82, 2.24) is 4.98 Å². The molecule has 10 heteroatoms. The highest BCUT2D eigenvalue weighted by Crippen LogP contribution is 2.42. The Bertz CT molecular complexity index is 1010. The third-order valence-electron chi connectivity index (χ3n) is 3.81. The van der Waals surface area contributed by atoms with Crippen LogP contribution < -0.4 is 5.01 Å². The Kier molecular flexibility index (Phi) is 5.65. The van der Waals surface area contributed by atoms with Crippen LogP contribution in [-0.2, 0) is 12.4 Å². The van der Waals surface area contributed by atoms with Gasteiger partial charge in [-0.25, -0.2) is 4.98 Å². The van der Waals surface area contributed by atoms with Crippen LogP contribution in [0.1, 0.15) is 15.4 Å². The van der Waals surface area contributed by atoms with Gasteiger partial charge in [0.15, 0.2) is 0 Å². The lowest BCUT2D eigenvalue weighted by molar-refractivity contribution is -0.141. The van der Waals surface area contributed by atoms with Crippen LogP contribution in [0.3, 0.4) is 0 Å². The van der Waals surface area contributed by atoms with Gasteiger partial charge in [0.2, 0.25) is 0 Å². The van der Waals surface area contributed by atoms with Crippen molar-refractivity contribution in [3.63, 3.8) is 0 Å². The van der Waals surface area contributed by atoms with Gasteiger partial charge in [-0.05, 0) is 23.8 Å². The minimum atomic E-state index is -4.61. The molecule has 3 rings (SSSR count). The minimum Gasteiger partial charge on any atom is -0.251 e. The van der Waals surface area contributed by atoms with Gasteiger partial charge < -0.3 is 0 Å². The van der Waals surface area contributed by atoms with Crippen molar-refractivity contribution < 1.29 is 26.3 Å². The largest absolute Gasteiger partial charge is 0.433 e. The number of rotatable bonds is 4. The Hall–Kier alpha value is -2.88. The van der Waals surface area contributed by atoms with Gasteiger partial charge in [-0.1, -0.05) is 36.4 Å². The molecule has 29 heavy (non-hydrogen) atoms. The number of benzene rings is 1. The van der Waals surface area contributed by atoms with Crippen LogP contribution in [0, 0.1) is 0 Å². The van der Waals surface area contributed by atoms with Gasteiger partial charge in [0, 0.05) is 17.5 Å². The molecule has 0 bridgehead atoms. The molecular weight excluding hydrogens is 416 g/mol. The van der Waals surface area contributed by atoms with E-state index in [0.29, 0.717) is 16.9 Å². The summed E-state index contributed by atoms with van der Waals surface area (Å²) in [5.41, 5.74) is -0.660. The van der Waals surface area contributed by atoms with Crippen LogP contribution in [0.5, 0.6) is 0 Å². The van der Waals surface area contributed by atoms with Crippen LogP contribution in [0.15, 0.2) is 59.7 Å². The topological polar surface area (TPSA) is 28.5 Å². The number of hydrazone groups is 1. The lowest BCUT2D eigenvalue weighted by Crippen LogP contribution is -2.14. The molecule has 3 nitrogen and oxygen atoms in total. The van der Waals surface area contributed by atoms with E-state index >= 15 is 0 Å². The van der Waals surface area contributed by atoms with Gasteiger partial charge in [0.05, 0.1) is 6.21 Å². The van der Waals surface area contributed by atoms with E-state index in [-0.39, 0.29) is 16.3 Å². The van der Waals surface area contributed by atoms with Crippen molar-refractivity contribution in [2.24, 2.45) is 5.10 Å². The molecule has 0 N–H and O–H groups in total. The van der Waals surface area contributed by atoms with Crippen molar-refractivity contribution in [3.8, 4) is 11.1 Å². The number of thiophene rings is 1. The van der Waals surface area contributed by atoms with E-state index in [1.54, 1.807) is 30.3 Å². The Morgan fingerprint density at radius 1 is 0.931 bits per heavy atom. The summed E-state index contributed by atoms with van der Waals surface area (Å²) in [5, 5.41) is 5.00. The number of aromatic nitrogens is 1. The minimum absolute atomic E-state index is 0.0180. The van der Waals surface area contributed by atoms with E-state index < -0.39 is 22.9 Å². The number of anilines is 1. The highest BCUT2D eigenvalue weighted by Gasteiger charge is 2.36. The number of hydrogen-bond acceptors (Lipinski definition) is 4. The summed E-state index contributed by atoms with van der Waals surface area (Å²) in [4.78, 5) is 2.91. The normalized spacial score (nSPS) is 12.5. The van der Waals surface area contributed by atoms with Crippen LogP contribution in [0.2, 0.25) is 0 Å². The van der Waals surface area contributed by atoms with Crippen LogP contribution in [0.4, 0.5) is 32.2 Å². The van der Waals surface area contributed by atoms with Crippen molar-refractivity contribution in [2.75, 3.05) is 12.1 Å². The number of alkyl halides is 6. The molecule has 0 aliphatic carbocycles. The second-order valence-corrected chi connectivity index (χ2v) is 6.99. The first-order valence-electron chi connectivity index (χ1n) is 8.14. The number of hydrogen-bond donors (Lipinski definition) is 0. The molecule has 0 spiro atoms. The average Bonchev–Trinajstić information content (AvgIpc) is 3.11. The summed E-state index contributed by atoms with van der Waals surface area (Å²) in [5.74, 6) is -0.0908. The van der Waals surface area contributed by atoms with E-state index in [1.807, 2.05) is 0 Å². The van der Waals surface area contributed by atoms with Gasteiger partial charge in [-0.15, -0.1) is 11.3 Å². The zero-order valence-electron chi connectivity index (χ0n) is 14.8. The van der Waals surface area contributed by atoms with Crippen molar-refractivity contribution in [2.45, 2.75) is 12.4 Å². The lowest BCUT2D eigenvalue weighted by Gasteiger charge is -2.13. The Morgan fingerprint density at radius 3 is 2.24 bits per heavy atom. The quantitative estimate of drug-likeness (QED) is 0.276. The summed E-state index contributed by atoms with van der Waals surface area (Å²) in [6.45, 7) is 0. The van der Waals surface area contributed by atoms with Crippen molar-refractivity contribution in [1.29, 1.82) is 0 Å². The second-order valence-electron chi connectivity index (χ2n) is 5.90. The molecule has 0 radical (unpaired) electrons. The van der Waals surface area contributed by atoms with E-state index in [0.717, 1.165) is 17.3 Å². The standard InChI is InChI=1S/C19H13F6N3S/c1-28(16-9-5-8-15(27-16)18(20,21)22)26-11-13-10-14(12-6-3-2-4-7-12)17(29-13)19(23,24)25/h2-11H,1H3/b26-11+. The van der Waals surface area contributed by atoms with E-state index in [4.69, 9.17) is 0 Å². The molecule has 0 amide bonds. The van der Waals surface area contributed by atoms with Crippen LogP contribution in [-0.4, -0.2) is 18.2 Å². The molecule has 2 heterocycles. The third kappa shape index (κ3) is 4.94. The summed E-state index contributed by atoms with van der Waals surface area (Å²) < 4.78 is 78.6. The first-order chi connectivity index (χ1) is 13.6. The average molecular weight is 429 g/mol. The molecule has 2 aromatic heterocycles. The fraction of sp³-hybridized carbons (Fsp3) is 0.158. The van der Waals surface area contributed by atoms with Gasteiger partial charge in [0.1, 0.15) is 16.4 Å². The lowest BCUT2D eigenvalue weighted by atomic mass is 10.1. The highest BCUT2D eigenvalue weighted by atomic mass is 32.1. The predicted molar refractivity (Wildman–Crippen MR) is 100.0 cm³/mol. The van der Waals surface area contributed by atoms with Gasteiger partial charge in [-0.3, -0.25) is 5.01 Å². The van der Waals surface area contributed by atoms with Crippen LogP contribution >= 0.6 is 11.3 Å². The summed E-state index contributed by atoms with van der Waals surface area (Å²) in [6, 6.07) is 12.8. The molecular formula is C19H13F6N3S. The first kappa shape index (κ1) is 20.8. The molecule has 152 valence electrons. The van der Waals surface area contributed by atoms with E-state index in [2.05, 4.69) is 10.1 Å². The van der Waals surface area contributed by atoms with Gasteiger partial charge in [0.25, 0.3) is 0 Å². The number of halogens is 6. The highest BCUT2D eigenvalue weighted by molar-refractivity contribution is 7.14. The summed E-state index contributed by atoms with van der Waals surface area (Å²) in [6.07, 6.45) is -7.99. The Balaban J connectivity index is 1.90. The maximum Gasteiger partial charge on any atom is 0.433 e. The third-order valence-corrected chi connectivity index (χ3v) is 4.92. The van der Waals surface area contributed by atoms with Gasteiger partial charge in [-0.2, -0.15) is 31.4 Å². The number of nitrogens with zero attached hydrogens (tertiary/aromatic N) is 3. The molecule has 0 unspecified atom stereocenters. The molecule has 0 fully saturated rings. The molecule has 3 aromatic rings. The molecule has 0 aliphatic rings. The zero-order valence-corrected chi connectivity index (χ0v) is 15.6. The second kappa shape index (κ2) is 7.86. The summed E-state index contributed by atoms with van der Waals surface area (Å²) in [7, 11) is 1.36. The molecule has 0 saturated carbocycles. The Labute approximate surface area is 165 Å². The maximum atomic E-state index is 13.4. The summed E-state index contributed by atoms with van der Waals surface area (Å²) >= 11 is 0.504.